The first-order valence-corrected chi connectivity index (χ1v) is 15.9. The minimum atomic E-state index is -1.29. The number of aliphatic carboxylic acids is 1. The van der Waals surface area contributed by atoms with Crippen LogP contribution in [0.5, 0.6) is 23.0 Å². The van der Waals surface area contributed by atoms with E-state index in [0.717, 1.165) is 18.4 Å². The number of esters is 1. The Morgan fingerprint density at radius 1 is 1.04 bits per heavy atom. The van der Waals surface area contributed by atoms with E-state index in [0.29, 0.717) is 59.4 Å². The van der Waals surface area contributed by atoms with Crippen LogP contribution in [0.3, 0.4) is 0 Å². The summed E-state index contributed by atoms with van der Waals surface area (Å²) < 4.78 is 18.6. The Bertz CT molecular complexity index is 1670. The summed E-state index contributed by atoms with van der Waals surface area (Å²) in [5.41, 5.74) is 3.31. The fraction of sp³-hybridized carbons (Fsp3) is 0.421. The summed E-state index contributed by atoms with van der Waals surface area (Å²) in [6, 6.07) is 6.25. The Hall–Kier alpha value is -4.46. The molecule has 244 valence electrons. The highest BCUT2D eigenvalue weighted by molar-refractivity contribution is 5.89. The standard InChI is InChI=1S/C38H44O8/c1-22(2)9-7-10-24(5)11-8-12-25(35(41)42)13-14-26-19-27(39)20-28-32-30(40)15-16-31-33(32)38(46-34(26)28)21-37(45-31,36(43)44-6)18-17-29(38)23(3)4/h9,11,13,15-16,19-20,29,39-40H,3,7-8,10,12,14,17-18,21H2,1-2,4-6H3,(H,41,42)/t29-,37-,38+/m0/s1. The number of aromatic hydroxyl groups is 2. The number of benzene rings is 2. The van der Waals surface area contributed by atoms with Crippen molar-refractivity contribution in [3.8, 4) is 34.1 Å². The number of carboxylic acids is 1. The SMILES string of the molecule is C=C(C)[C@@H]1CC[C@@]2(C(=O)OC)C[C@@]13Oc1c(CC=C(CCC=C(C)CCC=C(C)C)C(=O)O)cc(O)cc1-c1c(O)ccc(c13)O2. The van der Waals surface area contributed by atoms with Gasteiger partial charge in [-0.05, 0) is 96.9 Å². The zero-order valence-corrected chi connectivity index (χ0v) is 27.4. The Labute approximate surface area is 270 Å². The van der Waals surface area contributed by atoms with Crippen molar-refractivity contribution >= 4 is 11.9 Å². The number of methoxy groups -OCH3 is 1. The van der Waals surface area contributed by atoms with Crippen LogP contribution < -0.4 is 9.47 Å². The van der Waals surface area contributed by atoms with E-state index >= 15 is 0 Å². The molecule has 8 nitrogen and oxygen atoms in total. The number of carboxylic acid groups (broad SMARTS) is 1. The number of fused-ring (bicyclic) bond motifs is 3. The Kier molecular flexibility index (Phi) is 9.12. The van der Waals surface area contributed by atoms with Gasteiger partial charge in [-0.15, -0.1) is 0 Å². The summed E-state index contributed by atoms with van der Waals surface area (Å²) in [5.74, 6) is -0.966. The van der Waals surface area contributed by atoms with E-state index < -0.39 is 23.1 Å². The Balaban J connectivity index is 1.56. The lowest BCUT2D eigenvalue weighted by Gasteiger charge is -2.56. The molecule has 8 heteroatoms. The van der Waals surface area contributed by atoms with Crippen LogP contribution in [-0.2, 0) is 26.3 Å². The van der Waals surface area contributed by atoms with Gasteiger partial charge < -0.3 is 29.5 Å². The topological polar surface area (TPSA) is 123 Å². The molecule has 5 rings (SSSR count). The van der Waals surface area contributed by atoms with Gasteiger partial charge in [-0.3, -0.25) is 0 Å². The minimum absolute atomic E-state index is 0.0204. The number of phenolic OH excluding ortho intramolecular Hbond substituents is 2. The number of phenols is 2. The van der Waals surface area contributed by atoms with Crippen molar-refractivity contribution < 1.29 is 39.1 Å². The molecule has 1 fully saturated rings. The third-order valence-electron chi connectivity index (χ3n) is 9.52. The van der Waals surface area contributed by atoms with E-state index in [4.69, 9.17) is 14.2 Å². The molecule has 1 aliphatic carbocycles. The molecule has 1 spiro atoms. The van der Waals surface area contributed by atoms with Crippen molar-refractivity contribution in [3.05, 3.63) is 82.5 Å². The second-order valence-electron chi connectivity index (χ2n) is 13.2. The van der Waals surface area contributed by atoms with Gasteiger partial charge in [-0.1, -0.05) is 41.5 Å². The Morgan fingerprint density at radius 3 is 2.46 bits per heavy atom. The number of hydrogen-bond acceptors (Lipinski definition) is 7. The van der Waals surface area contributed by atoms with E-state index in [-0.39, 0.29) is 35.8 Å². The summed E-state index contributed by atoms with van der Waals surface area (Å²) in [7, 11) is 1.34. The third-order valence-corrected chi connectivity index (χ3v) is 9.52. The molecular formula is C38H44O8. The van der Waals surface area contributed by atoms with Gasteiger partial charge >= 0.3 is 11.9 Å². The average molecular weight is 629 g/mol. The third kappa shape index (κ3) is 5.93. The summed E-state index contributed by atoms with van der Waals surface area (Å²) >= 11 is 0. The molecule has 0 saturated heterocycles. The molecule has 1 saturated carbocycles. The van der Waals surface area contributed by atoms with Crippen LogP contribution >= 0.6 is 0 Å². The van der Waals surface area contributed by atoms with Gasteiger partial charge in [0.1, 0.15) is 28.6 Å². The van der Waals surface area contributed by atoms with Gasteiger partial charge in [0.2, 0.25) is 5.60 Å². The molecule has 2 aliphatic heterocycles. The maximum atomic E-state index is 13.2. The summed E-state index contributed by atoms with van der Waals surface area (Å²) in [5, 5.41) is 32.2. The minimum Gasteiger partial charge on any atom is -0.508 e. The lowest BCUT2D eigenvalue weighted by atomic mass is 9.60. The molecule has 2 aromatic rings. The zero-order chi connectivity index (χ0) is 33.4. The Morgan fingerprint density at radius 2 is 1.78 bits per heavy atom. The van der Waals surface area contributed by atoms with Gasteiger partial charge in [-0.25, -0.2) is 9.59 Å². The van der Waals surface area contributed by atoms with Crippen molar-refractivity contribution in [3.63, 3.8) is 0 Å². The van der Waals surface area contributed by atoms with Crippen LogP contribution in [0.1, 0.15) is 83.8 Å². The number of carbonyl (C=O) groups is 2. The monoisotopic (exact) mass is 628 g/mol. The lowest BCUT2D eigenvalue weighted by molar-refractivity contribution is -0.181. The summed E-state index contributed by atoms with van der Waals surface area (Å²) in [6.45, 7) is 12.4. The molecule has 3 N–H and O–H groups in total. The fourth-order valence-electron chi connectivity index (χ4n) is 7.37. The number of allylic oxidation sites excluding steroid dienone is 5. The van der Waals surface area contributed by atoms with E-state index in [1.165, 1.54) is 30.4 Å². The van der Waals surface area contributed by atoms with Crippen LogP contribution in [0, 0.1) is 5.92 Å². The first kappa shape index (κ1) is 32.9. The normalized spacial score (nSPS) is 22.8. The van der Waals surface area contributed by atoms with Gasteiger partial charge in [0.25, 0.3) is 0 Å². The maximum absolute atomic E-state index is 13.2. The predicted octanol–water partition coefficient (Wildman–Crippen LogP) is 8.06. The largest absolute Gasteiger partial charge is 0.508 e. The number of carbonyl (C=O) groups excluding carboxylic acids is 1. The van der Waals surface area contributed by atoms with Crippen LogP contribution in [0.2, 0.25) is 0 Å². The molecule has 2 bridgehead atoms. The van der Waals surface area contributed by atoms with Crippen molar-refractivity contribution in [2.24, 2.45) is 5.92 Å². The van der Waals surface area contributed by atoms with Gasteiger partial charge in [0.05, 0.1) is 7.11 Å². The number of rotatable bonds is 11. The van der Waals surface area contributed by atoms with E-state index in [1.807, 2.05) is 6.92 Å². The van der Waals surface area contributed by atoms with Crippen molar-refractivity contribution in [1.29, 1.82) is 0 Å². The predicted molar refractivity (Wildman–Crippen MR) is 176 cm³/mol. The lowest BCUT2D eigenvalue weighted by Crippen LogP contribution is -2.62. The summed E-state index contributed by atoms with van der Waals surface area (Å²) in [6.07, 6.45) is 10.0. The average Bonchev–Trinajstić information content (AvgIpc) is 2.99. The quantitative estimate of drug-likeness (QED) is 0.130. The molecule has 0 aromatic heterocycles. The second-order valence-corrected chi connectivity index (χ2v) is 13.2. The second kappa shape index (κ2) is 12.7. The molecule has 2 aromatic carbocycles. The van der Waals surface area contributed by atoms with Gasteiger partial charge in [0.15, 0.2) is 0 Å². The molecule has 0 amide bonds. The zero-order valence-electron chi connectivity index (χ0n) is 27.4. The fourth-order valence-corrected chi connectivity index (χ4v) is 7.37. The van der Waals surface area contributed by atoms with Crippen molar-refractivity contribution in [2.75, 3.05) is 7.11 Å². The molecule has 0 radical (unpaired) electrons. The van der Waals surface area contributed by atoms with Gasteiger partial charge in [0, 0.05) is 40.2 Å². The van der Waals surface area contributed by atoms with Crippen LogP contribution in [-0.4, -0.2) is 40.0 Å². The molecule has 3 aliphatic rings. The van der Waals surface area contributed by atoms with Crippen LogP contribution in [0.15, 0.2) is 71.4 Å². The molecule has 46 heavy (non-hydrogen) atoms. The van der Waals surface area contributed by atoms with Crippen LogP contribution in [0.4, 0.5) is 0 Å². The smallest absolute Gasteiger partial charge is 0.350 e. The van der Waals surface area contributed by atoms with E-state index in [2.05, 4.69) is 39.5 Å². The highest BCUT2D eigenvalue weighted by Gasteiger charge is 2.64. The first-order valence-electron chi connectivity index (χ1n) is 15.9. The highest BCUT2D eigenvalue weighted by Crippen LogP contribution is 2.65. The maximum Gasteiger partial charge on any atom is 0.350 e. The number of ether oxygens (including phenoxy) is 3. The molecule has 0 unspecified atom stereocenters. The van der Waals surface area contributed by atoms with E-state index in [9.17, 15) is 24.9 Å². The number of hydrogen-bond donors (Lipinski definition) is 3. The van der Waals surface area contributed by atoms with Crippen molar-refractivity contribution in [2.45, 2.75) is 90.3 Å². The summed E-state index contributed by atoms with van der Waals surface area (Å²) in [4.78, 5) is 25.5. The van der Waals surface area contributed by atoms with Crippen molar-refractivity contribution in [1.82, 2.24) is 0 Å². The van der Waals surface area contributed by atoms with E-state index in [1.54, 1.807) is 18.2 Å². The molecule has 3 atom stereocenters. The molecular weight excluding hydrogens is 584 g/mol. The van der Waals surface area contributed by atoms with Gasteiger partial charge in [-0.2, -0.15) is 0 Å². The van der Waals surface area contributed by atoms with Crippen LogP contribution in [0.25, 0.3) is 11.1 Å². The highest BCUT2D eigenvalue weighted by atomic mass is 16.6. The molecule has 2 heterocycles. The first-order chi connectivity index (χ1) is 21.8.